The summed E-state index contributed by atoms with van der Waals surface area (Å²) in [6, 6.07) is 23.5. The van der Waals surface area contributed by atoms with E-state index in [1.807, 2.05) is 60.7 Å². The highest BCUT2D eigenvalue weighted by molar-refractivity contribution is 6.30. The van der Waals surface area contributed by atoms with E-state index in [2.05, 4.69) is 31.0 Å². The highest BCUT2D eigenvalue weighted by Gasteiger charge is 2.20. The number of ether oxygens (including phenoxy) is 1. The van der Waals surface area contributed by atoms with Crippen molar-refractivity contribution in [1.82, 2.24) is 35.7 Å². The van der Waals surface area contributed by atoms with Crippen LogP contribution in [0.1, 0.15) is 34.1 Å². The number of amides is 1. The van der Waals surface area contributed by atoms with Crippen LogP contribution in [0.5, 0.6) is 0 Å². The lowest BCUT2D eigenvalue weighted by molar-refractivity contribution is -0.139. The Balaban J connectivity index is 1.44. The number of tetrazole rings is 1. The van der Waals surface area contributed by atoms with Crippen LogP contribution in [-0.2, 0) is 33.8 Å². The number of carbonyl (C=O) groups is 2. The van der Waals surface area contributed by atoms with Gasteiger partial charge in [0.15, 0.2) is 0 Å². The van der Waals surface area contributed by atoms with E-state index >= 15 is 0 Å². The first-order valence-corrected chi connectivity index (χ1v) is 14.0. The second-order valence-electron chi connectivity index (χ2n) is 9.78. The molecule has 3 aromatic carbocycles. The molecule has 0 saturated heterocycles. The van der Waals surface area contributed by atoms with Crippen LogP contribution in [0.15, 0.2) is 91.3 Å². The zero-order valence-electron chi connectivity index (χ0n) is 23.7. The summed E-state index contributed by atoms with van der Waals surface area (Å²) in [5.41, 5.74) is 5.40. The Kier molecular flexibility index (Phi) is 9.80. The minimum atomic E-state index is -0.550. The van der Waals surface area contributed by atoms with Crippen molar-refractivity contribution in [2.24, 2.45) is 0 Å². The molecule has 0 bridgehead atoms. The molecule has 44 heavy (non-hydrogen) atoms. The predicted molar refractivity (Wildman–Crippen MR) is 163 cm³/mol. The van der Waals surface area contributed by atoms with Crippen LogP contribution in [0, 0.1) is 0 Å². The lowest BCUT2D eigenvalue weighted by Gasteiger charge is -2.19. The lowest BCUT2D eigenvalue weighted by Crippen LogP contribution is -2.29. The predicted octanol–water partition coefficient (Wildman–Crippen LogP) is 4.09. The summed E-state index contributed by atoms with van der Waals surface area (Å²) < 4.78 is 6.23. The van der Waals surface area contributed by atoms with Crippen LogP contribution < -0.4 is 5.32 Å². The molecule has 1 amide bonds. The second kappa shape index (κ2) is 14.3. The van der Waals surface area contributed by atoms with Crippen molar-refractivity contribution in [3.05, 3.63) is 124 Å². The van der Waals surface area contributed by atoms with Gasteiger partial charge in [-0.3, -0.25) is 9.59 Å². The molecule has 222 valence electrons. The highest BCUT2D eigenvalue weighted by Crippen LogP contribution is 2.27. The monoisotopic (exact) mass is 609 g/mol. The average Bonchev–Trinajstić information content (AvgIpc) is 3.59. The van der Waals surface area contributed by atoms with Gasteiger partial charge in [0.05, 0.1) is 43.3 Å². The number of methoxy groups -OCH3 is 1. The summed E-state index contributed by atoms with van der Waals surface area (Å²) in [5.74, 6) is -0.701. The molecule has 2 heterocycles. The Hall–Kier alpha value is -5.26. The van der Waals surface area contributed by atoms with Crippen molar-refractivity contribution >= 4 is 29.6 Å². The number of aliphatic hydroxyl groups is 1. The molecule has 0 aliphatic heterocycles. The standard InChI is InChI=1S/C32H28ClN7O4/c1-44-32(43)16-22-7-9-23(10-8-22)26-18-28(36-37-29(26)19-41)27(15-21-5-3-2-4-6-21)35-31(42)14-11-24-17-25(33)12-13-30(24)40-20-34-38-39-40/h2-14,17-18,20,27,41H,15-16,19H2,1H3,(H,35,42)/b14-11+/t27-/m0/s1. The Labute approximate surface area is 258 Å². The molecular formula is C32H28ClN7O4. The molecule has 5 rings (SSSR count). The van der Waals surface area contributed by atoms with Gasteiger partial charge in [-0.05, 0) is 63.9 Å². The van der Waals surface area contributed by atoms with Gasteiger partial charge >= 0.3 is 5.97 Å². The Morgan fingerprint density at radius 1 is 1.02 bits per heavy atom. The summed E-state index contributed by atoms with van der Waals surface area (Å²) in [6.45, 7) is -0.325. The number of benzene rings is 3. The van der Waals surface area contributed by atoms with E-state index in [0.717, 1.165) is 16.7 Å². The van der Waals surface area contributed by atoms with Crippen molar-refractivity contribution < 1.29 is 19.4 Å². The van der Waals surface area contributed by atoms with Crippen LogP contribution in [-0.4, -0.2) is 54.5 Å². The summed E-state index contributed by atoms with van der Waals surface area (Å²) >= 11 is 6.23. The summed E-state index contributed by atoms with van der Waals surface area (Å²) in [4.78, 5) is 25.0. The molecule has 5 aromatic rings. The molecule has 12 heteroatoms. The average molecular weight is 610 g/mol. The first kappa shape index (κ1) is 30.2. The Morgan fingerprint density at radius 3 is 2.52 bits per heavy atom. The molecule has 0 aliphatic carbocycles. The smallest absolute Gasteiger partial charge is 0.309 e. The number of hydrogen-bond donors (Lipinski definition) is 2. The summed E-state index contributed by atoms with van der Waals surface area (Å²) in [5, 5.41) is 33.5. The number of hydrogen-bond acceptors (Lipinski definition) is 9. The van der Waals surface area contributed by atoms with Gasteiger partial charge in [-0.15, -0.1) is 5.10 Å². The van der Waals surface area contributed by atoms with Crippen molar-refractivity contribution in [3.8, 4) is 16.8 Å². The maximum Gasteiger partial charge on any atom is 0.309 e. The number of rotatable bonds is 11. The van der Waals surface area contributed by atoms with Gasteiger partial charge in [-0.1, -0.05) is 66.2 Å². The van der Waals surface area contributed by atoms with E-state index in [1.165, 1.54) is 24.2 Å². The number of halogens is 1. The van der Waals surface area contributed by atoms with Gasteiger partial charge in [0, 0.05) is 22.2 Å². The fourth-order valence-electron chi connectivity index (χ4n) is 4.61. The third-order valence-corrected chi connectivity index (χ3v) is 7.07. The molecule has 2 N–H and O–H groups in total. The van der Waals surface area contributed by atoms with Gasteiger partial charge in [-0.2, -0.15) is 14.9 Å². The number of nitrogens with one attached hydrogen (secondary N) is 1. The maximum atomic E-state index is 13.3. The van der Waals surface area contributed by atoms with E-state index in [0.29, 0.717) is 39.6 Å². The van der Waals surface area contributed by atoms with Crippen LogP contribution in [0.2, 0.25) is 5.02 Å². The topological polar surface area (TPSA) is 145 Å². The third-order valence-electron chi connectivity index (χ3n) is 6.84. The molecule has 0 radical (unpaired) electrons. The van der Waals surface area contributed by atoms with Crippen LogP contribution in [0.25, 0.3) is 22.9 Å². The Bertz CT molecular complexity index is 1760. The molecule has 11 nitrogen and oxygen atoms in total. The molecule has 2 aromatic heterocycles. The molecule has 1 atom stereocenters. The van der Waals surface area contributed by atoms with Crippen molar-refractivity contribution in [2.45, 2.75) is 25.5 Å². The number of aliphatic hydroxyl groups excluding tert-OH is 1. The first-order chi connectivity index (χ1) is 21.4. The quantitative estimate of drug-likeness (QED) is 0.167. The van der Waals surface area contributed by atoms with E-state index in [-0.39, 0.29) is 24.9 Å². The first-order valence-electron chi connectivity index (χ1n) is 13.6. The molecule has 0 saturated carbocycles. The van der Waals surface area contributed by atoms with Crippen LogP contribution in [0.4, 0.5) is 0 Å². The minimum absolute atomic E-state index is 0.147. The van der Waals surface area contributed by atoms with Gasteiger partial charge in [-0.25, -0.2) is 0 Å². The molecule has 0 spiro atoms. The van der Waals surface area contributed by atoms with Crippen molar-refractivity contribution in [3.63, 3.8) is 0 Å². The lowest BCUT2D eigenvalue weighted by atomic mass is 9.97. The number of esters is 1. The Morgan fingerprint density at radius 2 is 1.82 bits per heavy atom. The van der Waals surface area contributed by atoms with Gasteiger partial charge in [0.25, 0.3) is 0 Å². The molecule has 0 unspecified atom stereocenters. The fourth-order valence-corrected chi connectivity index (χ4v) is 4.79. The summed E-state index contributed by atoms with van der Waals surface area (Å²) in [6.07, 6.45) is 5.09. The normalized spacial score (nSPS) is 11.8. The number of carbonyl (C=O) groups excluding carboxylic acids is 2. The van der Waals surface area contributed by atoms with Crippen molar-refractivity contribution in [1.29, 1.82) is 0 Å². The van der Waals surface area contributed by atoms with E-state index in [4.69, 9.17) is 16.3 Å². The maximum absolute atomic E-state index is 13.3. The zero-order chi connectivity index (χ0) is 30.9. The van der Waals surface area contributed by atoms with Gasteiger partial charge in [0.1, 0.15) is 6.33 Å². The third kappa shape index (κ3) is 7.57. The summed E-state index contributed by atoms with van der Waals surface area (Å²) in [7, 11) is 1.35. The largest absolute Gasteiger partial charge is 0.469 e. The molecular weight excluding hydrogens is 582 g/mol. The van der Waals surface area contributed by atoms with E-state index in [1.54, 1.807) is 24.3 Å². The SMILES string of the molecule is COC(=O)Cc1ccc(-c2cc([C@H](Cc3ccccc3)NC(=O)/C=C/c3cc(Cl)ccc3-n3cnnn3)nnc2CO)cc1. The van der Waals surface area contributed by atoms with Gasteiger partial charge < -0.3 is 15.2 Å². The molecule has 0 fully saturated rings. The van der Waals surface area contributed by atoms with Gasteiger partial charge in [0.2, 0.25) is 5.91 Å². The second-order valence-corrected chi connectivity index (χ2v) is 10.2. The van der Waals surface area contributed by atoms with Crippen molar-refractivity contribution in [2.75, 3.05) is 7.11 Å². The number of aromatic nitrogens is 6. The fraction of sp³-hybridized carbons (Fsp3) is 0.156. The zero-order valence-corrected chi connectivity index (χ0v) is 24.4. The number of nitrogens with zero attached hydrogens (tertiary/aromatic N) is 6. The van der Waals surface area contributed by atoms with E-state index < -0.39 is 6.04 Å². The minimum Gasteiger partial charge on any atom is -0.469 e. The van der Waals surface area contributed by atoms with Crippen LogP contribution in [0.3, 0.4) is 0 Å². The van der Waals surface area contributed by atoms with E-state index in [9.17, 15) is 14.7 Å². The van der Waals surface area contributed by atoms with Crippen LogP contribution >= 0.6 is 11.6 Å². The molecule has 0 aliphatic rings. The highest BCUT2D eigenvalue weighted by atomic mass is 35.5.